The molecule has 0 atom stereocenters. The van der Waals surface area contributed by atoms with Crippen LogP contribution in [0, 0.1) is 0 Å². The Morgan fingerprint density at radius 3 is 2.61 bits per heavy atom. The molecule has 2 N–H and O–H groups in total. The number of rotatable bonds is 5. The second-order valence-electron chi connectivity index (χ2n) is 6.48. The summed E-state index contributed by atoms with van der Waals surface area (Å²) in [4.78, 5) is 20.2. The number of nitrogens with one attached hydrogen (secondary N) is 2. The maximum Gasteiger partial charge on any atom is 0.271 e. The van der Waals surface area contributed by atoms with Crippen LogP contribution in [0.4, 0.5) is 0 Å². The molecule has 28 heavy (non-hydrogen) atoms. The third kappa shape index (κ3) is 3.83. The van der Waals surface area contributed by atoms with Crippen molar-refractivity contribution in [3.05, 3.63) is 89.5 Å². The largest absolute Gasteiger partial charge is 0.338 e. The molecule has 0 bridgehead atoms. The van der Waals surface area contributed by atoms with Gasteiger partial charge in [-0.05, 0) is 35.7 Å². The second-order valence-corrected chi connectivity index (χ2v) is 6.48. The summed E-state index contributed by atoms with van der Waals surface area (Å²) in [5, 5.41) is 4.06. The smallest absolute Gasteiger partial charge is 0.271 e. The summed E-state index contributed by atoms with van der Waals surface area (Å²) in [5.41, 5.74) is 7.93. The Bertz CT molecular complexity index is 1130. The fourth-order valence-electron chi connectivity index (χ4n) is 2.95. The Labute approximate surface area is 163 Å². The molecule has 0 radical (unpaired) electrons. The molecule has 5 heteroatoms. The number of benzene rings is 3. The Morgan fingerprint density at radius 2 is 1.86 bits per heavy atom. The molecule has 0 aliphatic heterocycles. The summed E-state index contributed by atoms with van der Waals surface area (Å²) in [5.74, 6) is 0.515. The van der Waals surface area contributed by atoms with Gasteiger partial charge in [0.2, 0.25) is 0 Å². The average molecular weight is 368 g/mol. The van der Waals surface area contributed by atoms with Crippen LogP contribution in [0.1, 0.15) is 28.4 Å². The quantitative estimate of drug-likeness (QED) is 0.401. The Kier molecular flexibility index (Phi) is 4.97. The number of carbonyl (C=O) groups excluding carboxylic acids is 1. The minimum absolute atomic E-state index is 0.265. The number of nitrogens with zero attached hydrogens (tertiary/aromatic N) is 2. The number of hydrogen-bond donors (Lipinski definition) is 2. The van der Waals surface area contributed by atoms with Gasteiger partial charge in [-0.3, -0.25) is 4.79 Å². The fourth-order valence-corrected chi connectivity index (χ4v) is 2.95. The molecule has 138 valence electrons. The zero-order chi connectivity index (χ0) is 19.3. The lowest BCUT2D eigenvalue weighted by Crippen LogP contribution is -2.17. The highest BCUT2D eigenvalue weighted by Crippen LogP contribution is 2.21. The molecule has 0 aliphatic rings. The number of aromatic amines is 1. The predicted molar refractivity (Wildman–Crippen MR) is 112 cm³/mol. The maximum absolute atomic E-state index is 12.4. The van der Waals surface area contributed by atoms with Crippen molar-refractivity contribution in [2.24, 2.45) is 5.10 Å². The van der Waals surface area contributed by atoms with Crippen LogP contribution in [0.25, 0.3) is 22.4 Å². The van der Waals surface area contributed by atoms with Crippen LogP contribution < -0.4 is 5.43 Å². The molecular formula is C23H20N4O. The number of aryl methyl sites for hydroxylation is 1. The Morgan fingerprint density at radius 1 is 1.07 bits per heavy atom. The first-order valence-corrected chi connectivity index (χ1v) is 9.20. The number of carbonyl (C=O) groups is 1. The van der Waals surface area contributed by atoms with Gasteiger partial charge in [-0.2, -0.15) is 5.10 Å². The summed E-state index contributed by atoms with van der Waals surface area (Å²) in [7, 11) is 0. The van der Waals surface area contributed by atoms with Crippen molar-refractivity contribution in [1.82, 2.24) is 15.4 Å². The van der Waals surface area contributed by atoms with Gasteiger partial charge in [0.05, 0.1) is 17.2 Å². The predicted octanol–water partition coefficient (Wildman–Crippen LogP) is 4.56. The monoisotopic (exact) mass is 368 g/mol. The van der Waals surface area contributed by atoms with E-state index in [1.807, 2.05) is 48.5 Å². The Hall–Kier alpha value is -3.73. The maximum atomic E-state index is 12.4. The van der Waals surface area contributed by atoms with Crippen LogP contribution in [-0.2, 0) is 6.42 Å². The lowest BCUT2D eigenvalue weighted by Gasteiger charge is -2.00. The van der Waals surface area contributed by atoms with E-state index in [1.165, 1.54) is 5.56 Å². The standard InChI is InChI=1S/C23H20N4O/c1-2-16-8-10-17(11-9-16)15-24-27-23(28)19-12-13-20-21(14-19)26-22(25-20)18-6-4-3-5-7-18/h3-15H,2H2,1H3,(H,25,26)(H,27,28)/b24-15+. The van der Waals surface area contributed by atoms with Crippen LogP contribution in [0.5, 0.6) is 0 Å². The highest BCUT2D eigenvalue weighted by Gasteiger charge is 2.09. The van der Waals surface area contributed by atoms with Gasteiger partial charge in [0.1, 0.15) is 5.82 Å². The molecule has 0 spiro atoms. The molecule has 5 nitrogen and oxygen atoms in total. The first-order valence-electron chi connectivity index (χ1n) is 9.20. The number of imidazole rings is 1. The van der Waals surface area contributed by atoms with E-state index < -0.39 is 0 Å². The number of fused-ring (bicyclic) bond motifs is 1. The van der Waals surface area contributed by atoms with Gasteiger partial charge in [0.15, 0.2) is 0 Å². The summed E-state index contributed by atoms with van der Waals surface area (Å²) < 4.78 is 0. The lowest BCUT2D eigenvalue weighted by molar-refractivity contribution is 0.0955. The van der Waals surface area contributed by atoms with E-state index in [4.69, 9.17) is 0 Å². The molecule has 1 amide bonds. The van der Waals surface area contributed by atoms with Crippen LogP contribution in [0.15, 0.2) is 77.9 Å². The molecule has 0 saturated heterocycles. The summed E-state index contributed by atoms with van der Waals surface area (Å²) >= 11 is 0. The number of amides is 1. The van der Waals surface area contributed by atoms with Crippen LogP contribution >= 0.6 is 0 Å². The minimum atomic E-state index is -0.265. The van der Waals surface area contributed by atoms with Crippen LogP contribution in [-0.4, -0.2) is 22.1 Å². The SMILES string of the molecule is CCc1ccc(/C=N/NC(=O)c2ccc3nc(-c4ccccc4)[nH]c3c2)cc1. The van der Waals surface area contributed by atoms with Gasteiger partial charge >= 0.3 is 0 Å². The van der Waals surface area contributed by atoms with Crippen molar-refractivity contribution >= 4 is 23.2 Å². The third-order valence-corrected chi connectivity index (χ3v) is 4.56. The number of hydrazone groups is 1. The van der Waals surface area contributed by atoms with Crippen molar-refractivity contribution in [2.75, 3.05) is 0 Å². The second kappa shape index (κ2) is 7.88. The first-order chi connectivity index (χ1) is 13.7. The highest BCUT2D eigenvalue weighted by atomic mass is 16.2. The van der Waals surface area contributed by atoms with E-state index in [1.54, 1.807) is 18.3 Å². The van der Waals surface area contributed by atoms with E-state index in [0.29, 0.717) is 5.56 Å². The van der Waals surface area contributed by atoms with E-state index in [0.717, 1.165) is 34.4 Å². The number of aromatic nitrogens is 2. The fraction of sp³-hybridized carbons (Fsp3) is 0.0870. The molecule has 3 aromatic carbocycles. The van der Waals surface area contributed by atoms with E-state index >= 15 is 0 Å². The molecule has 0 saturated carbocycles. The van der Waals surface area contributed by atoms with Gasteiger partial charge in [-0.15, -0.1) is 0 Å². The van der Waals surface area contributed by atoms with Gasteiger partial charge in [0, 0.05) is 11.1 Å². The first kappa shape index (κ1) is 17.7. The highest BCUT2D eigenvalue weighted by molar-refractivity contribution is 5.98. The third-order valence-electron chi connectivity index (χ3n) is 4.56. The molecule has 0 aliphatic carbocycles. The topological polar surface area (TPSA) is 70.1 Å². The molecule has 4 aromatic rings. The molecule has 4 rings (SSSR count). The summed E-state index contributed by atoms with van der Waals surface area (Å²) in [6.07, 6.45) is 2.63. The Balaban J connectivity index is 1.48. The zero-order valence-electron chi connectivity index (χ0n) is 15.5. The van der Waals surface area contributed by atoms with Gasteiger partial charge in [0.25, 0.3) is 5.91 Å². The normalized spacial score (nSPS) is 11.2. The molecule has 0 unspecified atom stereocenters. The van der Waals surface area contributed by atoms with Gasteiger partial charge < -0.3 is 4.98 Å². The molecular weight excluding hydrogens is 348 g/mol. The zero-order valence-corrected chi connectivity index (χ0v) is 15.5. The van der Waals surface area contributed by atoms with Crippen LogP contribution in [0.2, 0.25) is 0 Å². The molecule has 1 heterocycles. The van der Waals surface area contributed by atoms with E-state index in [9.17, 15) is 4.79 Å². The number of H-pyrrole nitrogens is 1. The van der Waals surface area contributed by atoms with E-state index in [2.05, 4.69) is 39.6 Å². The van der Waals surface area contributed by atoms with Gasteiger partial charge in [-0.1, -0.05) is 61.5 Å². The van der Waals surface area contributed by atoms with Crippen molar-refractivity contribution in [1.29, 1.82) is 0 Å². The van der Waals surface area contributed by atoms with E-state index in [-0.39, 0.29) is 5.91 Å². The summed E-state index contributed by atoms with van der Waals surface area (Å²) in [6.45, 7) is 2.11. The van der Waals surface area contributed by atoms with Crippen molar-refractivity contribution in [2.45, 2.75) is 13.3 Å². The molecule has 0 fully saturated rings. The van der Waals surface area contributed by atoms with Gasteiger partial charge in [-0.25, -0.2) is 10.4 Å². The molecule has 1 aromatic heterocycles. The lowest BCUT2D eigenvalue weighted by atomic mass is 10.1. The van der Waals surface area contributed by atoms with Crippen molar-refractivity contribution in [3.8, 4) is 11.4 Å². The average Bonchev–Trinajstić information content (AvgIpc) is 3.18. The number of hydrogen-bond acceptors (Lipinski definition) is 3. The van der Waals surface area contributed by atoms with Crippen molar-refractivity contribution in [3.63, 3.8) is 0 Å². The summed E-state index contributed by atoms with van der Waals surface area (Å²) in [6, 6.07) is 23.3. The minimum Gasteiger partial charge on any atom is -0.338 e. The van der Waals surface area contributed by atoms with Crippen molar-refractivity contribution < 1.29 is 4.79 Å². The van der Waals surface area contributed by atoms with Crippen LogP contribution in [0.3, 0.4) is 0 Å².